The highest BCUT2D eigenvalue weighted by atomic mass is 14.3. The molecule has 0 heteroatoms. The maximum absolute atomic E-state index is 2.38. The van der Waals surface area contributed by atoms with E-state index in [-0.39, 0.29) is 0 Å². The summed E-state index contributed by atoms with van der Waals surface area (Å²) in [6.45, 7) is 6.85. The van der Waals surface area contributed by atoms with Gasteiger partial charge in [0.05, 0.1) is 6.92 Å². The zero-order chi connectivity index (χ0) is 8.27. The summed E-state index contributed by atoms with van der Waals surface area (Å²) in [5.74, 6) is 3.19. The molecule has 0 aromatic heterocycles. The minimum absolute atomic E-state index is 0.733. The SMILES string of the molecule is CCCCC1C=CC(C)[C+]1C. The van der Waals surface area contributed by atoms with Crippen molar-refractivity contribution in [3.8, 4) is 0 Å². The molecule has 11 heavy (non-hydrogen) atoms. The van der Waals surface area contributed by atoms with E-state index in [1.807, 2.05) is 0 Å². The minimum atomic E-state index is 0.733. The van der Waals surface area contributed by atoms with Crippen LogP contribution in [0, 0.1) is 17.8 Å². The van der Waals surface area contributed by atoms with Crippen molar-refractivity contribution >= 4 is 0 Å². The summed E-state index contributed by atoms with van der Waals surface area (Å²) >= 11 is 0. The molecule has 0 saturated carbocycles. The summed E-state index contributed by atoms with van der Waals surface area (Å²) < 4.78 is 0. The maximum atomic E-state index is 2.38. The lowest BCUT2D eigenvalue weighted by Crippen LogP contribution is -2.07. The molecule has 62 valence electrons. The Morgan fingerprint density at radius 3 is 2.55 bits per heavy atom. The lowest BCUT2D eigenvalue weighted by atomic mass is 9.88. The number of hydrogen-bond donors (Lipinski definition) is 0. The zero-order valence-electron chi connectivity index (χ0n) is 7.93. The molecule has 0 nitrogen and oxygen atoms in total. The molecule has 0 amide bonds. The topological polar surface area (TPSA) is 0 Å². The molecular weight excluding hydrogens is 132 g/mol. The second-order valence-electron chi connectivity index (χ2n) is 3.67. The molecule has 1 rings (SSSR count). The van der Waals surface area contributed by atoms with Crippen molar-refractivity contribution in [1.82, 2.24) is 0 Å². The van der Waals surface area contributed by atoms with Gasteiger partial charge in [-0.25, -0.2) is 0 Å². The van der Waals surface area contributed by atoms with Crippen LogP contribution in [0.15, 0.2) is 12.2 Å². The summed E-state index contributed by atoms with van der Waals surface area (Å²) in [6, 6.07) is 0. The average molecular weight is 151 g/mol. The van der Waals surface area contributed by atoms with Gasteiger partial charge in [0, 0.05) is 0 Å². The molecule has 2 unspecified atom stereocenters. The number of hydrogen-bond acceptors (Lipinski definition) is 0. The Morgan fingerprint density at radius 2 is 2.09 bits per heavy atom. The van der Waals surface area contributed by atoms with Crippen LogP contribution in [0.5, 0.6) is 0 Å². The summed E-state index contributed by atoms with van der Waals surface area (Å²) in [6.07, 6.45) is 8.79. The first-order chi connectivity index (χ1) is 5.25. The maximum Gasteiger partial charge on any atom is 0.119 e. The minimum Gasteiger partial charge on any atom is -0.0654 e. The van der Waals surface area contributed by atoms with Crippen molar-refractivity contribution in [3.63, 3.8) is 0 Å². The van der Waals surface area contributed by atoms with Crippen molar-refractivity contribution in [1.29, 1.82) is 0 Å². The van der Waals surface area contributed by atoms with Crippen molar-refractivity contribution in [2.24, 2.45) is 11.8 Å². The van der Waals surface area contributed by atoms with Gasteiger partial charge < -0.3 is 0 Å². The fourth-order valence-corrected chi connectivity index (χ4v) is 1.69. The van der Waals surface area contributed by atoms with E-state index in [1.165, 1.54) is 19.3 Å². The first kappa shape index (κ1) is 8.70. The van der Waals surface area contributed by atoms with E-state index in [9.17, 15) is 0 Å². The van der Waals surface area contributed by atoms with Gasteiger partial charge in [0.15, 0.2) is 0 Å². The van der Waals surface area contributed by atoms with E-state index in [0.717, 1.165) is 11.8 Å². The standard InChI is InChI=1S/C11H19/c1-4-5-6-11-8-7-9(2)10(11)3/h7-9,11H,4-6H2,1-3H3/q+1. The van der Waals surface area contributed by atoms with Crippen molar-refractivity contribution in [3.05, 3.63) is 18.1 Å². The summed E-state index contributed by atoms with van der Waals surface area (Å²) in [4.78, 5) is 0. The number of rotatable bonds is 3. The van der Waals surface area contributed by atoms with E-state index in [4.69, 9.17) is 0 Å². The fourth-order valence-electron chi connectivity index (χ4n) is 1.69. The van der Waals surface area contributed by atoms with Crippen LogP contribution in [0.4, 0.5) is 0 Å². The fraction of sp³-hybridized carbons (Fsp3) is 0.727. The van der Waals surface area contributed by atoms with Crippen molar-refractivity contribution in [2.45, 2.75) is 40.0 Å². The van der Waals surface area contributed by atoms with Crippen LogP contribution in [0.1, 0.15) is 40.0 Å². The first-order valence-electron chi connectivity index (χ1n) is 4.77. The monoisotopic (exact) mass is 151 g/mol. The second-order valence-corrected chi connectivity index (χ2v) is 3.67. The average Bonchev–Trinajstić information content (AvgIpc) is 2.31. The summed E-state index contributed by atoms with van der Waals surface area (Å²) in [5, 5.41) is 0. The molecule has 0 N–H and O–H groups in total. The van der Waals surface area contributed by atoms with Gasteiger partial charge >= 0.3 is 0 Å². The third-order valence-electron chi connectivity index (χ3n) is 2.80. The number of allylic oxidation sites excluding steroid dienone is 2. The molecule has 0 aromatic rings. The summed E-state index contributed by atoms with van der Waals surface area (Å²) in [5.41, 5.74) is 0. The van der Waals surface area contributed by atoms with Gasteiger partial charge in [-0.3, -0.25) is 0 Å². The van der Waals surface area contributed by atoms with Crippen LogP contribution in [0.2, 0.25) is 0 Å². The van der Waals surface area contributed by atoms with Gasteiger partial charge in [0.1, 0.15) is 17.8 Å². The summed E-state index contributed by atoms with van der Waals surface area (Å²) in [7, 11) is 0. The molecule has 0 aliphatic heterocycles. The molecule has 1 aliphatic rings. The smallest absolute Gasteiger partial charge is 0.0654 e. The van der Waals surface area contributed by atoms with Crippen LogP contribution >= 0.6 is 0 Å². The molecular formula is C11H19+. The van der Waals surface area contributed by atoms with Crippen LogP contribution in [-0.4, -0.2) is 0 Å². The largest absolute Gasteiger partial charge is 0.119 e. The second kappa shape index (κ2) is 3.85. The molecule has 0 bridgehead atoms. The lowest BCUT2D eigenvalue weighted by Gasteiger charge is -2.07. The Balaban J connectivity index is 2.31. The highest BCUT2D eigenvalue weighted by molar-refractivity contribution is 5.18. The molecule has 0 spiro atoms. The predicted molar refractivity (Wildman–Crippen MR) is 50.2 cm³/mol. The van der Waals surface area contributed by atoms with E-state index >= 15 is 0 Å². The molecule has 0 aromatic carbocycles. The Bertz CT molecular complexity index is 135. The predicted octanol–water partition coefficient (Wildman–Crippen LogP) is 3.59. The van der Waals surface area contributed by atoms with Crippen molar-refractivity contribution < 1.29 is 0 Å². The normalized spacial score (nSPS) is 29.9. The molecule has 0 fully saturated rings. The Kier molecular flexibility index (Phi) is 3.04. The third-order valence-corrected chi connectivity index (χ3v) is 2.80. The van der Waals surface area contributed by atoms with Gasteiger partial charge in [0.2, 0.25) is 0 Å². The van der Waals surface area contributed by atoms with E-state index in [1.54, 1.807) is 5.92 Å². The van der Waals surface area contributed by atoms with E-state index < -0.39 is 0 Å². The van der Waals surface area contributed by atoms with Crippen LogP contribution < -0.4 is 0 Å². The van der Waals surface area contributed by atoms with E-state index in [2.05, 4.69) is 32.9 Å². The quantitative estimate of drug-likeness (QED) is 0.427. The van der Waals surface area contributed by atoms with Crippen molar-refractivity contribution in [2.75, 3.05) is 0 Å². The highest BCUT2D eigenvalue weighted by Crippen LogP contribution is 2.34. The van der Waals surface area contributed by atoms with Crippen LogP contribution in [-0.2, 0) is 0 Å². The first-order valence-corrected chi connectivity index (χ1v) is 4.77. The Labute approximate surface area is 70.7 Å². The molecule has 2 atom stereocenters. The Morgan fingerprint density at radius 1 is 1.36 bits per heavy atom. The molecule has 0 saturated heterocycles. The molecule has 0 radical (unpaired) electrons. The highest BCUT2D eigenvalue weighted by Gasteiger charge is 2.34. The van der Waals surface area contributed by atoms with Gasteiger partial charge in [-0.15, -0.1) is 0 Å². The lowest BCUT2D eigenvalue weighted by molar-refractivity contribution is 0.539. The van der Waals surface area contributed by atoms with Gasteiger partial charge in [-0.1, -0.05) is 13.3 Å². The van der Waals surface area contributed by atoms with Crippen LogP contribution in [0.25, 0.3) is 0 Å². The third kappa shape index (κ3) is 2.02. The van der Waals surface area contributed by atoms with Gasteiger partial charge in [0.25, 0.3) is 0 Å². The van der Waals surface area contributed by atoms with E-state index in [0.29, 0.717) is 0 Å². The Hall–Kier alpha value is -0.390. The van der Waals surface area contributed by atoms with Gasteiger partial charge in [-0.2, -0.15) is 0 Å². The number of unbranched alkanes of at least 4 members (excludes halogenated alkanes) is 1. The molecule has 1 aliphatic carbocycles. The van der Waals surface area contributed by atoms with Gasteiger partial charge in [-0.05, 0) is 31.9 Å². The molecule has 0 heterocycles. The van der Waals surface area contributed by atoms with Crippen LogP contribution in [0.3, 0.4) is 0 Å². The zero-order valence-corrected chi connectivity index (χ0v) is 7.93.